The molecule has 0 saturated carbocycles. The van der Waals surface area contributed by atoms with E-state index in [-0.39, 0.29) is 5.43 Å². The van der Waals surface area contributed by atoms with Gasteiger partial charge in [-0.25, -0.2) is 4.98 Å². The molecule has 0 atom stereocenters. The number of H-pyrrole nitrogens is 1. The molecule has 0 radical (unpaired) electrons. The van der Waals surface area contributed by atoms with Gasteiger partial charge in [0.1, 0.15) is 11.6 Å². The summed E-state index contributed by atoms with van der Waals surface area (Å²) in [5.41, 5.74) is 1.19. The molecule has 8 heteroatoms. The molecule has 1 aromatic carbocycles. The largest absolute Gasteiger partial charge is 0.496 e. The fourth-order valence-corrected chi connectivity index (χ4v) is 2.67. The summed E-state index contributed by atoms with van der Waals surface area (Å²) in [7, 11) is 3.39. The first kappa shape index (κ1) is 15.0. The normalized spacial score (nSPS) is 11.0. The molecule has 3 aromatic heterocycles. The first-order valence-electron chi connectivity index (χ1n) is 7.54. The molecule has 8 nitrogen and oxygen atoms in total. The number of anilines is 2. The Hall–Kier alpha value is -3.55. The van der Waals surface area contributed by atoms with Crippen molar-refractivity contribution in [3.05, 3.63) is 53.3 Å². The van der Waals surface area contributed by atoms with Gasteiger partial charge in [0.15, 0.2) is 23.4 Å². The third-order valence-corrected chi connectivity index (χ3v) is 3.82. The summed E-state index contributed by atoms with van der Waals surface area (Å²) < 4.78 is 12.4. The molecule has 25 heavy (non-hydrogen) atoms. The van der Waals surface area contributed by atoms with Gasteiger partial charge in [0.25, 0.3) is 0 Å². The van der Waals surface area contributed by atoms with E-state index in [9.17, 15) is 4.79 Å². The third-order valence-electron chi connectivity index (χ3n) is 3.82. The highest BCUT2D eigenvalue weighted by molar-refractivity contribution is 5.88. The van der Waals surface area contributed by atoms with Crippen molar-refractivity contribution in [3.8, 4) is 17.1 Å². The van der Waals surface area contributed by atoms with Crippen LogP contribution < -0.4 is 15.5 Å². The second-order valence-electron chi connectivity index (χ2n) is 5.51. The van der Waals surface area contributed by atoms with Crippen LogP contribution in [0, 0.1) is 0 Å². The maximum atomic E-state index is 12.5. The number of rotatable bonds is 4. The van der Waals surface area contributed by atoms with Crippen molar-refractivity contribution < 1.29 is 9.15 Å². The standard InChI is InChI=1S/C17H15N5O3/c1-22-4-3-16(21-22)20-17-7-13(23)10-5-11(15-8-18-9-25-15)14(24-2)6-12(10)19-17/h3-9H,1-2H3,(H2,19,20,21,23). The molecule has 3 heterocycles. The minimum atomic E-state index is -0.129. The van der Waals surface area contributed by atoms with Crippen molar-refractivity contribution in [2.45, 2.75) is 0 Å². The van der Waals surface area contributed by atoms with Crippen molar-refractivity contribution >= 4 is 22.5 Å². The van der Waals surface area contributed by atoms with Crippen molar-refractivity contribution in [1.29, 1.82) is 0 Å². The Balaban J connectivity index is 1.83. The molecule has 0 aliphatic carbocycles. The molecule has 0 bridgehead atoms. The average Bonchev–Trinajstić information content (AvgIpc) is 3.26. The number of aryl methyl sites for hydroxylation is 1. The fourth-order valence-electron chi connectivity index (χ4n) is 2.67. The quantitative estimate of drug-likeness (QED) is 0.594. The van der Waals surface area contributed by atoms with Crippen LogP contribution in [0.2, 0.25) is 0 Å². The van der Waals surface area contributed by atoms with E-state index >= 15 is 0 Å². The highest BCUT2D eigenvalue weighted by Crippen LogP contribution is 2.32. The summed E-state index contributed by atoms with van der Waals surface area (Å²) in [6.45, 7) is 0. The number of benzene rings is 1. The van der Waals surface area contributed by atoms with Crippen molar-refractivity contribution in [2.75, 3.05) is 12.4 Å². The van der Waals surface area contributed by atoms with E-state index in [0.717, 1.165) is 0 Å². The number of nitrogens with zero attached hydrogens (tertiary/aromatic N) is 3. The molecule has 0 fully saturated rings. The Bertz CT molecular complexity index is 1100. The van der Waals surface area contributed by atoms with Crippen LogP contribution >= 0.6 is 0 Å². The van der Waals surface area contributed by atoms with E-state index in [1.165, 1.54) is 12.5 Å². The van der Waals surface area contributed by atoms with Gasteiger partial charge in [-0.3, -0.25) is 9.48 Å². The first-order chi connectivity index (χ1) is 12.1. The van der Waals surface area contributed by atoms with E-state index in [1.807, 2.05) is 19.3 Å². The summed E-state index contributed by atoms with van der Waals surface area (Å²) in [6, 6.07) is 6.81. The lowest BCUT2D eigenvalue weighted by Crippen LogP contribution is -2.06. The molecular formula is C17H15N5O3. The van der Waals surface area contributed by atoms with Crippen LogP contribution in [0.5, 0.6) is 5.75 Å². The second kappa shape index (κ2) is 5.82. The smallest absolute Gasteiger partial charge is 0.191 e. The Morgan fingerprint density at radius 2 is 2.20 bits per heavy atom. The van der Waals surface area contributed by atoms with Crippen molar-refractivity contribution in [3.63, 3.8) is 0 Å². The second-order valence-corrected chi connectivity index (χ2v) is 5.51. The zero-order valence-corrected chi connectivity index (χ0v) is 13.6. The van der Waals surface area contributed by atoms with E-state index in [2.05, 4.69) is 20.4 Å². The molecule has 126 valence electrons. The Labute approximate surface area is 142 Å². The van der Waals surface area contributed by atoms with Gasteiger partial charge < -0.3 is 19.5 Å². The maximum Gasteiger partial charge on any atom is 0.191 e. The van der Waals surface area contributed by atoms with Crippen LogP contribution in [0.4, 0.5) is 11.6 Å². The van der Waals surface area contributed by atoms with Crippen LogP contribution in [-0.2, 0) is 7.05 Å². The van der Waals surface area contributed by atoms with E-state index in [0.29, 0.717) is 39.6 Å². The highest BCUT2D eigenvalue weighted by Gasteiger charge is 2.13. The number of hydrogen-bond donors (Lipinski definition) is 2. The Kier molecular flexibility index (Phi) is 3.50. The van der Waals surface area contributed by atoms with Gasteiger partial charge >= 0.3 is 0 Å². The lowest BCUT2D eigenvalue weighted by atomic mass is 10.1. The number of ether oxygens (including phenoxy) is 1. The Morgan fingerprint density at radius 1 is 1.32 bits per heavy atom. The molecule has 4 rings (SSSR count). The number of nitrogens with one attached hydrogen (secondary N) is 2. The number of pyridine rings is 1. The van der Waals surface area contributed by atoms with Crippen LogP contribution in [0.1, 0.15) is 0 Å². The van der Waals surface area contributed by atoms with Gasteiger partial charge in [-0.15, -0.1) is 0 Å². The number of oxazole rings is 1. The van der Waals surface area contributed by atoms with Crippen LogP contribution in [0.3, 0.4) is 0 Å². The number of hydrogen-bond acceptors (Lipinski definition) is 6. The van der Waals surface area contributed by atoms with Crippen molar-refractivity contribution in [1.82, 2.24) is 19.7 Å². The number of aromatic amines is 1. The summed E-state index contributed by atoms with van der Waals surface area (Å²) in [5, 5.41) is 7.84. The molecule has 0 unspecified atom stereocenters. The predicted octanol–water partition coefficient (Wildman–Crippen LogP) is 2.67. The number of fused-ring (bicyclic) bond motifs is 1. The van der Waals surface area contributed by atoms with Crippen LogP contribution in [0.15, 0.2) is 52.3 Å². The molecule has 4 aromatic rings. The minimum absolute atomic E-state index is 0.129. The average molecular weight is 337 g/mol. The van der Waals surface area contributed by atoms with Gasteiger partial charge in [-0.1, -0.05) is 0 Å². The molecule has 0 aliphatic rings. The number of aromatic nitrogens is 4. The predicted molar refractivity (Wildman–Crippen MR) is 93.1 cm³/mol. The molecule has 0 spiro atoms. The van der Waals surface area contributed by atoms with Gasteiger partial charge in [-0.2, -0.15) is 5.10 Å². The Morgan fingerprint density at radius 3 is 2.88 bits per heavy atom. The minimum Gasteiger partial charge on any atom is -0.496 e. The van der Waals surface area contributed by atoms with E-state index < -0.39 is 0 Å². The summed E-state index contributed by atoms with van der Waals surface area (Å²) >= 11 is 0. The van der Waals surface area contributed by atoms with E-state index in [1.54, 1.807) is 30.1 Å². The molecular weight excluding hydrogens is 322 g/mol. The number of methoxy groups -OCH3 is 1. The van der Waals surface area contributed by atoms with Crippen molar-refractivity contribution in [2.24, 2.45) is 7.05 Å². The molecule has 2 N–H and O–H groups in total. The van der Waals surface area contributed by atoms with Gasteiger partial charge in [-0.05, 0) is 6.07 Å². The zero-order chi connectivity index (χ0) is 17.4. The topological polar surface area (TPSA) is 98.0 Å². The third kappa shape index (κ3) is 2.74. The van der Waals surface area contributed by atoms with Crippen LogP contribution in [-0.4, -0.2) is 26.9 Å². The molecule has 0 aliphatic heterocycles. The monoisotopic (exact) mass is 337 g/mol. The first-order valence-corrected chi connectivity index (χ1v) is 7.54. The maximum absolute atomic E-state index is 12.5. The summed E-state index contributed by atoms with van der Waals surface area (Å²) in [5.74, 6) is 2.30. The van der Waals surface area contributed by atoms with Crippen LogP contribution in [0.25, 0.3) is 22.2 Å². The van der Waals surface area contributed by atoms with Gasteiger partial charge in [0.2, 0.25) is 0 Å². The van der Waals surface area contributed by atoms with E-state index in [4.69, 9.17) is 9.15 Å². The lowest BCUT2D eigenvalue weighted by molar-refractivity contribution is 0.415. The molecule has 0 amide bonds. The van der Waals surface area contributed by atoms with Gasteiger partial charge in [0.05, 0.1) is 24.4 Å². The molecule has 0 saturated heterocycles. The SMILES string of the molecule is COc1cc2[nH]c(Nc3ccn(C)n3)cc(=O)c2cc1-c1cnco1. The van der Waals surface area contributed by atoms with Gasteiger partial charge in [0, 0.05) is 36.8 Å². The lowest BCUT2D eigenvalue weighted by Gasteiger charge is -2.10. The highest BCUT2D eigenvalue weighted by atomic mass is 16.5. The zero-order valence-electron chi connectivity index (χ0n) is 13.6. The summed E-state index contributed by atoms with van der Waals surface area (Å²) in [4.78, 5) is 19.6. The fraction of sp³-hybridized carbons (Fsp3) is 0.118. The summed E-state index contributed by atoms with van der Waals surface area (Å²) in [6.07, 6.45) is 4.73.